The first kappa shape index (κ1) is 30.2. The zero-order valence-corrected chi connectivity index (χ0v) is 23.9. The van der Waals surface area contributed by atoms with Crippen LogP contribution in [0.5, 0.6) is 0 Å². The molecular formula is C27H28F2N6O6S. The molecule has 0 bridgehead atoms. The number of pyridine rings is 1. The molecule has 0 saturated carbocycles. The molecule has 0 spiro atoms. The summed E-state index contributed by atoms with van der Waals surface area (Å²) in [5, 5.41) is 14.5. The van der Waals surface area contributed by atoms with Crippen molar-refractivity contribution in [2.45, 2.75) is 33.4 Å². The lowest BCUT2D eigenvalue weighted by molar-refractivity contribution is -0.138. The second-order valence-electron chi connectivity index (χ2n) is 9.72. The second kappa shape index (κ2) is 12.0. The molecule has 0 aliphatic rings. The Kier molecular flexibility index (Phi) is 8.61. The number of anilines is 2. The molecule has 4 rings (SSSR count). The molecule has 2 aromatic heterocycles. The molecule has 0 radical (unpaired) electrons. The van der Waals surface area contributed by atoms with Crippen molar-refractivity contribution in [2.24, 2.45) is 7.05 Å². The van der Waals surface area contributed by atoms with Gasteiger partial charge in [0.2, 0.25) is 16.3 Å². The predicted octanol–water partition coefficient (Wildman–Crippen LogP) is 2.29. The zero-order chi connectivity index (χ0) is 30.9. The van der Waals surface area contributed by atoms with Crippen molar-refractivity contribution in [3.8, 4) is 0 Å². The molecule has 15 heteroatoms. The number of hydrogen-bond donors (Lipinski definition) is 5. The van der Waals surface area contributed by atoms with Crippen molar-refractivity contribution in [1.29, 1.82) is 0 Å². The Morgan fingerprint density at radius 3 is 2.40 bits per heavy atom. The lowest BCUT2D eigenvalue weighted by atomic mass is 10.0. The number of aliphatic carboxylic acids is 1. The third-order valence-corrected chi connectivity index (χ3v) is 7.53. The summed E-state index contributed by atoms with van der Waals surface area (Å²) in [4.78, 5) is 45.1. The third kappa shape index (κ3) is 5.81. The number of nitrogens with one attached hydrogen (secondary N) is 3. The Morgan fingerprint density at radius 2 is 1.83 bits per heavy atom. The molecule has 1 amide bonds. The van der Waals surface area contributed by atoms with Crippen LogP contribution in [0.4, 0.5) is 20.4 Å². The standard InChI is InChI=1S/C27H28F2N6O6S/c1-13-7-14(2)22(15(3)8-13)35(42(40)41)20(26(38)39)11-32-25(37)18-12-34(4)23-16(24(18)36)9-19(28)17(21(23)29)10-33-27-30-5-6-31-27/h5-9,12,20,42H,10-11H2,1-4H3,(H,32,37)(H,38,39)(H2,30,31,33). The van der Waals surface area contributed by atoms with E-state index in [0.717, 1.165) is 22.4 Å². The topological polar surface area (TPSA) is 166 Å². The molecule has 222 valence electrons. The van der Waals surface area contributed by atoms with Gasteiger partial charge in [0, 0.05) is 37.7 Å². The average molecular weight is 603 g/mol. The highest BCUT2D eigenvalue weighted by molar-refractivity contribution is 7.74. The fraction of sp³-hybridized carbons (Fsp3) is 0.259. The van der Waals surface area contributed by atoms with Crippen LogP contribution in [0.2, 0.25) is 0 Å². The van der Waals surface area contributed by atoms with E-state index in [9.17, 15) is 32.3 Å². The molecule has 4 aromatic rings. The fourth-order valence-corrected chi connectivity index (χ4v) is 5.82. The highest BCUT2D eigenvalue weighted by atomic mass is 32.2. The molecule has 1 unspecified atom stereocenters. The Balaban J connectivity index is 1.65. The number of thiol groups is 1. The maximum Gasteiger partial charge on any atom is 0.329 e. The number of aryl methyl sites for hydroxylation is 4. The van der Waals surface area contributed by atoms with Crippen LogP contribution in [0.3, 0.4) is 0 Å². The summed E-state index contributed by atoms with van der Waals surface area (Å²) < 4.78 is 56.6. The van der Waals surface area contributed by atoms with Crippen molar-refractivity contribution in [2.75, 3.05) is 16.2 Å². The molecule has 0 saturated heterocycles. The fourth-order valence-electron chi connectivity index (χ4n) is 4.93. The number of aromatic amines is 1. The van der Waals surface area contributed by atoms with Crippen LogP contribution in [0.1, 0.15) is 32.6 Å². The molecule has 1 atom stereocenters. The highest BCUT2D eigenvalue weighted by Gasteiger charge is 2.31. The molecular weight excluding hydrogens is 574 g/mol. The molecule has 4 N–H and O–H groups in total. The van der Waals surface area contributed by atoms with Gasteiger partial charge in [0.15, 0.2) is 17.8 Å². The maximum atomic E-state index is 15.4. The number of rotatable bonds is 10. The highest BCUT2D eigenvalue weighted by Crippen LogP contribution is 2.28. The van der Waals surface area contributed by atoms with Crippen LogP contribution in [0.25, 0.3) is 10.9 Å². The van der Waals surface area contributed by atoms with Gasteiger partial charge < -0.3 is 25.3 Å². The van der Waals surface area contributed by atoms with E-state index in [2.05, 4.69) is 20.6 Å². The molecule has 0 fully saturated rings. The Hall–Kier alpha value is -4.79. The normalized spacial score (nSPS) is 12.0. The van der Waals surface area contributed by atoms with Crippen molar-refractivity contribution in [3.63, 3.8) is 0 Å². The number of imidazole rings is 1. The number of halogens is 2. The van der Waals surface area contributed by atoms with E-state index in [-0.39, 0.29) is 29.3 Å². The quantitative estimate of drug-likeness (QED) is 0.173. The monoisotopic (exact) mass is 602 g/mol. The van der Waals surface area contributed by atoms with Gasteiger partial charge in [-0.05, 0) is 38.0 Å². The number of carboxylic acids is 1. The van der Waals surface area contributed by atoms with E-state index >= 15 is 4.39 Å². The van der Waals surface area contributed by atoms with Gasteiger partial charge in [0.05, 0.1) is 23.1 Å². The second-order valence-corrected chi connectivity index (χ2v) is 10.6. The Morgan fingerprint density at radius 1 is 1.17 bits per heavy atom. The smallest absolute Gasteiger partial charge is 0.329 e. The third-order valence-electron chi connectivity index (χ3n) is 6.70. The van der Waals surface area contributed by atoms with Crippen LogP contribution < -0.4 is 20.4 Å². The number of fused-ring (bicyclic) bond motifs is 1. The van der Waals surface area contributed by atoms with Crippen LogP contribution in [0, 0.1) is 32.4 Å². The van der Waals surface area contributed by atoms with Gasteiger partial charge in [-0.3, -0.25) is 13.9 Å². The minimum Gasteiger partial charge on any atom is -0.480 e. The van der Waals surface area contributed by atoms with Gasteiger partial charge in [-0.15, -0.1) is 0 Å². The number of aromatic nitrogens is 3. The minimum absolute atomic E-state index is 0.156. The van der Waals surface area contributed by atoms with E-state index in [1.54, 1.807) is 32.9 Å². The first-order valence-corrected chi connectivity index (χ1v) is 13.7. The average Bonchev–Trinajstić information content (AvgIpc) is 3.42. The van der Waals surface area contributed by atoms with Crippen molar-refractivity contribution >= 4 is 45.3 Å². The lowest BCUT2D eigenvalue weighted by Gasteiger charge is -2.28. The number of carbonyl (C=O) groups excluding carboxylic acids is 1. The molecule has 0 aliphatic carbocycles. The summed E-state index contributed by atoms with van der Waals surface area (Å²) in [6.45, 7) is 4.08. The van der Waals surface area contributed by atoms with Crippen LogP contribution >= 0.6 is 0 Å². The minimum atomic E-state index is -3.46. The predicted molar refractivity (Wildman–Crippen MR) is 152 cm³/mol. The number of carbonyl (C=O) groups is 2. The number of hydrogen-bond acceptors (Lipinski definition) is 7. The van der Waals surface area contributed by atoms with E-state index in [4.69, 9.17) is 0 Å². The van der Waals surface area contributed by atoms with Gasteiger partial charge in [0.25, 0.3) is 5.91 Å². The van der Waals surface area contributed by atoms with Gasteiger partial charge in [0.1, 0.15) is 11.4 Å². The summed E-state index contributed by atoms with van der Waals surface area (Å²) >= 11 is 0. The molecule has 12 nitrogen and oxygen atoms in total. The Bertz CT molecular complexity index is 1810. The van der Waals surface area contributed by atoms with Gasteiger partial charge >= 0.3 is 5.97 Å². The molecule has 42 heavy (non-hydrogen) atoms. The number of benzene rings is 2. The Labute approximate surface area is 240 Å². The zero-order valence-electron chi connectivity index (χ0n) is 23.0. The van der Waals surface area contributed by atoms with Gasteiger partial charge in [-0.25, -0.2) is 27.0 Å². The van der Waals surface area contributed by atoms with E-state index in [0.29, 0.717) is 15.4 Å². The first-order valence-electron chi connectivity index (χ1n) is 12.6. The molecule has 2 heterocycles. The van der Waals surface area contributed by atoms with Crippen molar-refractivity contribution in [1.82, 2.24) is 19.9 Å². The number of carboxylic acid groups (broad SMARTS) is 1. The molecule has 2 aromatic carbocycles. The van der Waals surface area contributed by atoms with Crippen LogP contribution in [0.15, 0.2) is 41.6 Å². The number of amides is 1. The number of H-pyrrole nitrogens is 1. The van der Waals surface area contributed by atoms with Gasteiger partial charge in [-0.1, -0.05) is 17.7 Å². The van der Waals surface area contributed by atoms with E-state index in [1.807, 2.05) is 0 Å². The van der Waals surface area contributed by atoms with E-state index < -0.39 is 63.4 Å². The summed E-state index contributed by atoms with van der Waals surface area (Å²) in [7, 11) is -2.10. The summed E-state index contributed by atoms with van der Waals surface area (Å²) in [6.07, 6.45) is 4.01. The molecule has 0 aliphatic heterocycles. The largest absolute Gasteiger partial charge is 0.480 e. The SMILES string of the molecule is Cc1cc(C)c(N(C(CNC(=O)c2cn(C)c3c(F)c(CNc4ncc[nH]4)c(F)cc3c2=O)C(=O)O)[SH](=O)=O)c(C)c1. The van der Waals surface area contributed by atoms with Crippen molar-refractivity contribution < 1.29 is 31.9 Å². The van der Waals surface area contributed by atoms with Gasteiger partial charge in [-0.2, -0.15) is 0 Å². The van der Waals surface area contributed by atoms with E-state index in [1.165, 1.54) is 19.4 Å². The lowest BCUT2D eigenvalue weighted by Crippen LogP contribution is -2.49. The summed E-state index contributed by atoms with van der Waals surface area (Å²) in [5.74, 6) is -4.35. The summed E-state index contributed by atoms with van der Waals surface area (Å²) in [6, 6.07) is 2.46. The summed E-state index contributed by atoms with van der Waals surface area (Å²) in [5.41, 5.74) is -0.102. The first-order chi connectivity index (χ1) is 19.8. The number of nitrogens with zero attached hydrogens (tertiary/aromatic N) is 3. The van der Waals surface area contributed by atoms with Crippen LogP contribution in [-0.4, -0.2) is 52.5 Å². The van der Waals surface area contributed by atoms with Crippen molar-refractivity contribution in [3.05, 3.63) is 86.5 Å². The van der Waals surface area contributed by atoms with Crippen LogP contribution in [-0.2, 0) is 29.3 Å². The maximum absolute atomic E-state index is 15.4.